The molecule has 3 heterocycles. The van der Waals surface area contributed by atoms with E-state index in [1.165, 1.54) is 12.8 Å². The summed E-state index contributed by atoms with van der Waals surface area (Å²) in [5, 5.41) is 10.7. The molecule has 2 aliphatic rings. The Morgan fingerprint density at radius 2 is 1.77 bits per heavy atom. The second kappa shape index (κ2) is 9.02. The molecule has 0 radical (unpaired) electrons. The van der Waals surface area contributed by atoms with E-state index in [4.69, 9.17) is 4.74 Å². The first kappa shape index (κ1) is 20.6. The SMILES string of the molecule is CCCC(CC)CCOC(=O)N1CC2CN(C(=O)c3ccc4n[nH]nc4c3)C[C@@H]2C1. The lowest BCUT2D eigenvalue weighted by Crippen LogP contribution is -2.36. The van der Waals surface area contributed by atoms with E-state index >= 15 is 0 Å². The van der Waals surface area contributed by atoms with Crippen LogP contribution >= 0.6 is 0 Å². The Morgan fingerprint density at radius 3 is 2.47 bits per heavy atom. The largest absolute Gasteiger partial charge is 0.449 e. The molecule has 30 heavy (non-hydrogen) atoms. The van der Waals surface area contributed by atoms with Gasteiger partial charge in [-0.2, -0.15) is 15.4 Å². The Hall–Kier alpha value is -2.64. The van der Waals surface area contributed by atoms with Crippen LogP contribution in [0.3, 0.4) is 0 Å². The minimum atomic E-state index is -0.204. The third kappa shape index (κ3) is 4.27. The summed E-state index contributed by atoms with van der Waals surface area (Å²) in [5.74, 6) is 1.29. The molecule has 0 spiro atoms. The van der Waals surface area contributed by atoms with Crippen LogP contribution < -0.4 is 0 Å². The molecule has 0 aliphatic carbocycles. The van der Waals surface area contributed by atoms with Crippen LogP contribution in [0.15, 0.2) is 18.2 Å². The molecule has 8 heteroatoms. The summed E-state index contributed by atoms with van der Waals surface area (Å²) in [6.07, 6.45) is 4.23. The van der Waals surface area contributed by atoms with Gasteiger partial charge in [0.05, 0.1) is 6.61 Å². The van der Waals surface area contributed by atoms with Crippen LogP contribution in [0.2, 0.25) is 0 Å². The monoisotopic (exact) mass is 413 g/mol. The predicted octanol–water partition coefficient (Wildman–Crippen LogP) is 3.31. The van der Waals surface area contributed by atoms with E-state index in [0.717, 1.165) is 18.4 Å². The minimum Gasteiger partial charge on any atom is -0.449 e. The van der Waals surface area contributed by atoms with Crippen molar-refractivity contribution in [1.29, 1.82) is 0 Å². The fourth-order valence-electron chi connectivity index (χ4n) is 4.83. The summed E-state index contributed by atoms with van der Waals surface area (Å²) in [7, 11) is 0. The molecule has 2 unspecified atom stereocenters. The number of carbonyl (C=O) groups is 2. The van der Waals surface area contributed by atoms with Crippen LogP contribution in [0, 0.1) is 17.8 Å². The zero-order valence-electron chi connectivity index (χ0n) is 17.8. The highest BCUT2D eigenvalue weighted by molar-refractivity contribution is 5.97. The quantitative estimate of drug-likeness (QED) is 0.752. The van der Waals surface area contributed by atoms with Crippen molar-refractivity contribution >= 4 is 23.0 Å². The number of ether oxygens (including phenoxy) is 1. The van der Waals surface area contributed by atoms with Crippen molar-refractivity contribution in [1.82, 2.24) is 25.2 Å². The highest BCUT2D eigenvalue weighted by atomic mass is 16.6. The second-order valence-corrected chi connectivity index (χ2v) is 8.63. The van der Waals surface area contributed by atoms with Gasteiger partial charge in [0.25, 0.3) is 5.91 Å². The van der Waals surface area contributed by atoms with Gasteiger partial charge in [0.1, 0.15) is 11.0 Å². The fraction of sp³-hybridized carbons (Fsp3) is 0.636. The Labute approximate surface area is 176 Å². The van der Waals surface area contributed by atoms with Gasteiger partial charge in [0.15, 0.2) is 0 Å². The molecular formula is C22H31N5O3. The summed E-state index contributed by atoms with van der Waals surface area (Å²) >= 11 is 0. The second-order valence-electron chi connectivity index (χ2n) is 8.63. The number of hydrogen-bond donors (Lipinski definition) is 1. The highest BCUT2D eigenvalue weighted by Crippen LogP contribution is 2.32. The first-order valence-electron chi connectivity index (χ1n) is 11.1. The predicted molar refractivity (Wildman–Crippen MR) is 113 cm³/mol. The zero-order valence-corrected chi connectivity index (χ0v) is 17.8. The van der Waals surface area contributed by atoms with E-state index in [2.05, 4.69) is 29.3 Å². The van der Waals surface area contributed by atoms with E-state index in [1.54, 1.807) is 12.1 Å². The highest BCUT2D eigenvalue weighted by Gasteiger charge is 2.43. The smallest absolute Gasteiger partial charge is 0.409 e. The Balaban J connectivity index is 1.26. The Bertz CT molecular complexity index is 884. The number of hydrogen-bond acceptors (Lipinski definition) is 5. The number of aromatic amines is 1. The number of aromatic nitrogens is 3. The van der Waals surface area contributed by atoms with Gasteiger partial charge >= 0.3 is 6.09 Å². The van der Waals surface area contributed by atoms with Crippen LogP contribution in [0.4, 0.5) is 4.79 Å². The lowest BCUT2D eigenvalue weighted by Gasteiger charge is -2.22. The van der Waals surface area contributed by atoms with E-state index in [-0.39, 0.29) is 12.0 Å². The lowest BCUT2D eigenvalue weighted by molar-refractivity contribution is 0.0765. The van der Waals surface area contributed by atoms with Gasteiger partial charge in [-0.3, -0.25) is 4.79 Å². The average Bonchev–Trinajstić information content (AvgIpc) is 3.46. The number of amides is 2. The molecule has 8 nitrogen and oxygen atoms in total. The summed E-state index contributed by atoms with van der Waals surface area (Å²) in [6.45, 7) is 7.58. The standard InChI is InChI=1S/C22H31N5O3/c1-3-5-15(4-2)8-9-30-22(29)27-13-17-11-26(12-18(17)14-27)21(28)16-6-7-19-20(10-16)24-25-23-19/h6-7,10,15,17-18H,3-5,8-9,11-14H2,1-2H3,(H,23,24,25)/t15?,17-,18?/m1/s1. The van der Waals surface area contributed by atoms with Crippen molar-refractivity contribution in [3.05, 3.63) is 23.8 Å². The molecule has 4 rings (SSSR count). The van der Waals surface area contributed by atoms with E-state index < -0.39 is 0 Å². The number of nitrogens with zero attached hydrogens (tertiary/aromatic N) is 4. The summed E-state index contributed by atoms with van der Waals surface area (Å²) in [5.41, 5.74) is 2.07. The number of fused-ring (bicyclic) bond motifs is 2. The van der Waals surface area contributed by atoms with E-state index in [9.17, 15) is 9.59 Å². The molecule has 1 aromatic carbocycles. The Kier molecular flexibility index (Phi) is 6.20. The van der Waals surface area contributed by atoms with Crippen LogP contribution in [-0.2, 0) is 4.74 Å². The average molecular weight is 414 g/mol. The van der Waals surface area contributed by atoms with Crippen molar-refractivity contribution in [3.8, 4) is 0 Å². The molecule has 1 N–H and O–H groups in total. The van der Waals surface area contributed by atoms with Crippen molar-refractivity contribution in [2.24, 2.45) is 17.8 Å². The first-order valence-corrected chi connectivity index (χ1v) is 11.1. The van der Waals surface area contributed by atoms with E-state index in [1.807, 2.05) is 15.9 Å². The van der Waals surface area contributed by atoms with Crippen LogP contribution in [0.1, 0.15) is 49.9 Å². The molecule has 3 atom stereocenters. The van der Waals surface area contributed by atoms with Gasteiger partial charge in [-0.1, -0.05) is 33.1 Å². The van der Waals surface area contributed by atoms with E-state index in [0.29, 0.717) is 61.6 Å². The van der Waals surface area contributed by atoms with Crippen molar-refractivity contribution in [2.75, 3.05) is 32.8 Å². The maximum atomic E-state index is 12.9. The maximum absolute atomic E-state index is 12.9. The van der Waals surface area contributed by atoms with Gasteiger partial charge in [0.2, 0.25) is 0 Å². The first-order chi connectivity index (χ1) is 14.6. The van der Waals surface area contributed by atoms with Crippen LogP contribution in [-0.4, -0.2) is 70.0 Å². The molecule has 2 amide bonds. The van der Waals surface area contributed by atoms with Gasteiger partial charge in [-0.15, -0.1) is 0 Å². The maximum Gasteiger partial charge on any atom is 0.409 e. The molecule has 162 valence electrons. The number of rotatable bonds is 7. The van der Waals surface area contributed by atoms with Crippen molar-refractivity contribution < 1.29 is 14.3 Å². The topological polar surface area (TPSA) is 91.4 Å². The third-order valence-electron chi connectivity index (χ3n) is 6.62. The molecule has 2 aromatic rings. The molecular weight excluding hydrogens is 382 g/mol. The van der Waals surface area contributed by atoms with Gasteiger partial charge < -0.3 is 14.5 Å². The van der Waals surface area contributed by atoms with Crippen molar-refractivity contribution in [3.63, 3.8) is 0 Å². The normalized spacial score (nSPS) is 21.8. The third-order valence-corrected chi connectivity index (χ3v) is 6.62. The molecule has 0 saturated carbocycles. The van der Waals surface area contributed by atoms with Gasteiger partial charge in [0, 0.05) is 43.6 Å². The molecule has 2 fully saturated rings. The molecule has 2 aliphatic heterocycles. The zero-order chi connectivity index (χ0) is 21.1. The van der Waals surface area contributed by atoms with Crippen LogP contribution in [0.5, 0.6) is 0 Å². The number of likely N-dealkylation sites (tertiary alicyclic amines) is 2. The molecule has 0 bridgehead atoms. The van der Waals surface area contributed by atoms with Crippen molar-refractivity contribution in [2.45, 2.75) is 39.5 Å². The summed E-state index contributed by atoms with van der Waals surface area (Å²) < 4.78 is 5.54. The molecule has 2 saturated heterocycles. The number of nitrogens with one attached hydrogen (secondary N) is 1. The number of carbonyl (C=O) groups excluding carboxylic acids is 2. The Morgan fingerprint density at radius 1 is 1.07 bits per heavy atom. The number of H-pyrrole nitrogens is 1. The van der Waals surface area contributed by atoms with Gasteiger partial charge in [-0.05, 0) is 30.5 Å². The lowest BCUT2D eigenvalue weighted by atomic mass is 9.98. The summed E-state index contributed by atoms with van der Waals surface area (Å²) in [4.78, 5) is 29.1. The molecule has 1 aromatic heterocycles. The van der Waals surface area contributed by atoms with Crippen LogP contribution in [0.25, 0.3) is 11.0 Å². The summed E-state index contributed by atoms with van der Waals surface area (Å²) in [6, 6.07) is 5.39. The minimum absolute atomic E-state index is 0.0185. The fourth-order valence-corrected chi connectivity index (χ4v) is 4.83. The van der Waals surface area contributed by atoms with Gasteiger partial charge in [-0.25, -0.2) is 4.79 Å². The number of benzene rings is 1.